The molecule has 1 aromatic heterocycles. The molecular weight excluding hydrogens is 466 g/mol. The molecule has 3 aliphatic rings. The van der Waals surface area contributed by atoms with E-state index in [4.69, 9.17) is 4.74 Å². The number of hydrogen-bond acceptors (Lipinski definition) is 8. The van der Waals surface area contributed by atoms with Crippen molar-refractivity contribution in [2.75, 3.05) is 6.61 Å². The van der Waals surface area contributed by atoms with Crippen molar-refractivity contribution >= 4 is 23.6 Å². The third kappa shape index (κ3) is 3.98. The number of ether oxygens (including phenoxy) is 1. The zero-order valence-electron chi connectivity index (χ0n) is 20.8. The molecule has 0 saturated carbocycles. The number of thioether (sulfide) groups is 1. The SMILES string of the molecule is CCCCCOc1ccc(C2NC(C)(C)N(C3C(=O)N4C(c5nn[nH]n5)C(C)(C)S[C@@H]34)C2=O)cc1. The van der Waals surface area contributed by atoms with Crippen LogP contribution in [0.4, 0.5) is 0 Å². The minimum absolute atomic E-state index is 0.0809. The van der Waals surface area contributed by atoms with Crippen molar-refractivity contribution in [1.82, 2.24) is 35.7 Å². The molecule has 0 radical (unpaired) electrons. The number of unbranched alkanes of at least 4 members (excludes halogenated alkanes) is 2. The largest absolute Gasteiger partial charge is 0.494 e. The highest BCUT2D eigenvalue weighted by molar-refractivity contribution is 8.01. The van der Waals surface area contributed by atoms with Crippen LogP contribution in [-0.2, 0) is 9.59 Å². The van der Waals surface area contributed by atoms with Crippen LogP contribution in [0.1, 0.15) is 77.4 Å². The van der Waals surface area contributed by atoms with E-state index in [2.05, 4.69) is 46.7 Å². The molecule has 2 aromatic rings. The fourth-order valence-corrected chi connectivity index (χ4v) is 7.12. The van der Waals surface area contributed by atoms with Gasteiger partial charge in [-0.2, -0.15) is 5.21 Å². The molecule has 3 saturated heterocycles. The number of tetrazole rings is 1. The van der Waals surface area contributed by atoms with E-state index in [1.165, 1.54) is 0 Å². The van der Waals surface area contributed by atoms with E-state index < -0.39 is 17.7 Å². The zero-order chi connectivity index (χ0) is 25.0. The number of nitrogens with one attached hydrogen (secondary N) is 2. The second-order valence-electron chi connectivity index (χ2n) is 10.4. The second-order valence-corrected chi connectivity index (χ2v) is 12.2. The van der Waals surface area contributed by atoms with Crippen LogP contribution in [0.15, 0.2) is 24.3 Å². The molecule has 2 amide bonds. The van der Waals surface area contributed by atoms with Crippen molar-refractivity contribution in [3.63, 3.8) is 0 Å². The van der Waals surface area contributed by atoms with Gasteiger partial charge in [-0.05, 0) is 51.8 Å². The number of fused-ring (bicyclic) bond motifs is 1. The lowest BCUT2D eigenvalue weighted by Gasteiger charge is -2.50. The maximum Gasteiger partial charge on any atom is 0.250 e. The van der Waals surface area contributed by atoms with Crippen LogP contribution in [0.5, 0.6) is 5.75 Å². The summed E-state index contributed by atoms with van der Waals surface area (Å²) in [5.74, 6) is 1.12. The first kappa shape index (κ1) is 24.1. The number of β-lactam (4-membered cyclic amide) rings is 1. The summed E-state index contributed by atoms with van der Waals surface area (Å²) in [6, 6.07) is 6.32. The number of rotatable bonds is 8. The van der Waals surface area contributed by atoms with E-state index in [0.717, 1.165) is 30.6 Å². The monoisotopic (exact) mass is 499 g/mol. The number of aromatic nitrogens is 4. The van der Waals surface area contributed by atoms with Gasteiger partial charge in [0.05, 0.1) is 12.3 Å². The molecule has 2 N–H and O–H groups in total. The summed E-state index contributed by atoms with van der Waals surface area (Å²) >= 11 is 1.68. The number of aromatic amines is 1. The van der Waals surface area contributed by atoms with E-state index in [1.54, 1.807) is 16.7 Å². The van der Waals surface area contributed by atoms with Crippen LogP contribution in [0, 0.1) is 0 Å². The van der Waals surface area contributed by atoms with E-state index in [1.807, 2.05) is 43.0 Å². The Balaban J connectivity index is 1.33. The fourth-order valence-electron chi connectivity index (χ4n) is 5.44. The number of H-pyrrole nitrogens is 1. The molecule has 0 bridgehead atoms. The standard InChI is InChI=1S/C24H33N7O3S/c1-6-7-8-13-34-15-11-9-14(10-12-15)16-20(32)31(24(4,5)25-16)17-21(33)30-18(19-26-28-29-27-19)23(2,3)35-22(17)30/h9-12,16-18,22,25H,6-8,13H2,1-5H3,(H,26,27,28,29)/t16?,17?,18?,22-/m0/s1. The molecule has 188 valence electrons. The first-order valence-corrected chi connectivity index (χ1v) is 13.1. The lowest BCUT2D eigenvalue weighted by Crippen LogP contribution is -2.71. The molecule has 5 rings (SSSR count). The van der Waals surface area contributed by atoms with Gasteiger partial charge in [0.1, 0.15) is 29.2 Å². The Morgan fingerprint density at radius 1 is 1.09 bits per heavy atom. The molecule has 3 unspecified atom stereocenters. The van der Waals surface area contributed by atoms with Gasteiger partial charge in [-0.25, -0.2) is 0 Å². The molecule has 35 heavy (non-hydrogen) atoms. The number of carbonyl (C=O) groups excluding carboxylic acids is 2. The predicted octanol–water partition coefficient (Wildman–Crippen LogP) is 2.78. The topological polar surface area (TPSA) is 116 Å². The maximum atomic E-state index is 13.7. The average molecular weight is 500 g/mol. The minimum atomic E-state index is -0.682. The molecule has 11 heteroatoms. The highest BCUT2D eigenvalue weighted by atomic mass is 32.2. The first-order chi connectivity index (χ1) is 16.7. The summed E-state index contributed by atoms with van der Waals surface area (Å²) in [7, 11) is 0. The van der Waals surface area contributed by atoms with E-state index in [9.17, 15) is 9.59 Å². The summed E-state index contributed by atoms with van der Waals surface area (Å²) in [5.41, 5.74) is 0.178. The smallest absolute Gasteiger partial charge is 0.250 e. The Hall–Kier alpha value is -2.66. The highest BCUT2D eigenvalue weighted by Crippen LogP contribution is 2.58. The van der Waals surface area contributed by atoms with Crippen molar-refractivity contribution < 1.29 is 14.3 Å². The van der Waals surface area contributed by atoms with Crippen molar-refractivity contribution in [2.45, 2.75) is 87.8 Å². The van der Waals surface area contributed by atoms with Gasteiger partial charge >= 0.3 is 0 Å². The Morgan fingerprint density at radius 3 is 2.49 bits per heavy atom. The van der Waals surface area contributed by atoms with Gasteiger partial charge < -0.3 is 14.5 Å². The van der Waals surface area contributed by atoms with Crippen molar-refractivity contribution in [3.05, 3.63) is 35.7 Å². The molecule has 4 heterocycles. The van der Waals surface area contributed by atoms with Crippen molar-refractivity contribution in [2.24, 2.45) is 0 Å². The van der Waals surface area contributed by atoms with E-state index in [0.29, 0.717) is 12.4 Å². The van der Waals surface area contributed by atoms with Gasteiger partial charge in [0.2, 0.25) is 11.8 Å². The third-order valence-corrected chi connectivity index (χ3v) is 8.67. The number of carbonyl (C=O) groups is 2. The minimum Gasteiger partial charge on any atom is -0.494 e. The third-order valence-electron chi connectivity index (χ3n) is 7.11. The Bertz CT molecular complexity index is 1090. The van der Waals surface area contributed by atoms with Gasteiger partial charge in [0, 0.05) is 4.75 Å². The zero-order valence-corrected chi connectivity index (χ0v) is 21.6. The molecule has 1 aromatic carbocycles. The Morgan fingerprint density at radius 2 is 1.83 bits per heavy atom. The van der Waals surface area contributed by atoms with Gasteiger partial charge in [0.15, 0.2) is 5.82 Å². The molecule has 0 aliphatic carbocycles. The fraction of sp³-hybridized carbons (Fsp3) is 0.625. The average Bonchev–Trinajstić information content (AvgIpc) is 3.48. The van der Waals surface area contributed by atoms with Crippen LogP contribution in [0.25, 0.3) is 0 Å². The van der Waals surface area contributed by atoms with Crippen molar-refractivity contribution in [3.8, 4) is 5.75 Å². The summed E-state index contributed by atoms with van der Waals surface area (Å²) in [6.07, 6.45) is 3.33. The normalized spacial score (nSPS) is 28.8. The van der Waals surface area contributed by atoms with Crippen LogP contribution in [0.2, 0.25) is 0 Å². The molecule has 3 aliphatic heterocycles. The number of hydrogen-bond donors (Lipinski definition) is 2. The van der Waals surface area contributed by atoms with Gasteiger partial charge in [-0.15, -0.1) is 22.0 Å². The highest BCUT2D eigenvalue weighted by Gasteiger charge is 2.67. The van der Waals surface area contributed by atoms with Crippen LogP contribution >= 0.6 is 11.8 Å². The quantitative estimate of drug-likeness (QED) is 0.421. The van der Waals surface area contributed by atoms with Crippen molar-refractivity contribution in [1.29, 1.82) is 0 Å². The molecular formula is C24H33N7O3S. The number of nitrogens with zero attached hydrogens (tertiary/aromatic N) is 5. The van der Waals surface area contributed by atoms with E-state index in [-0.39, 0.29) is 28.0 Å². The summed E-state index contributed by atoms with van der Waals surface area (Å²) in [6.45, 7) is 10.9. The van der Waals surface area contributed by atoms with Gasteiger partial charge in [0.25, 0.3) is 0 Å². The number of benzene rings is 1. The summed E-state index contributed by atoms with van der Waals surface area (Å²) < 4.78 is 5.50. The maximum absolute atomic E-state index is 13.7. The molecule has 3 fully saturated rings. The lowest BCUT2D eigenvalue weighted by atomic mass is 9.93. The first-order valence-electron chi connectivity index (χ1n) is 12.2. The lowest BCUT2D eigenvalue weighted by molar-refractivity contribution is -0.165. The van der Waals surface area contributed by atoms with Crippen LogP contribution in [0.3, 0.4) is 0 Å². The molecule has 4 atom stereocenters. The summed E-state index contributed by atoms with van der Waals surface area (Å²) in [4.78, 5) is 30.7. The van der Waals surface area contributed by atoms with Gasteiger partial charge in [-0.3, -0.25) is 14.9 Å². The number of amides is 2. The Labute approximate surface area is 209 Å². The second kappa shape index (κ2) is 8.77. The Kier molecular flexibility index (Phi) is 6.03. The van der Waals surface area contributed by atoms with Gasteiger partial charge in [-0.1, -0.05) is 37.1 Å². The molecule has 0 spiro atoms. The predicted molar refractivity (Wildman–Crippen MR) is 131 cm³/mol. The van der Waals surface area contributed by atoms with Crippen LogP contribution in [-0.4, -0.2) is 70.7 Å². The van der Waals surface area contributed by atoms with E-state index >= 15 is 0 Å². The summed E-state index contributed by atoms with van der Waals surface area (Å²) in [5, 5.41) is 17.7. The molecule has 10 nitrogen and oxygen atoms in total. The van der Waals surface area contributed by atoms with Crippen LogP contribution < -0.4 is 10.1 Å².